The predicted molar refractivity (Wildman–Crippen MR) is 417 cm³/mol. The van der Waals surface area contributed by atoms with Crippen molar-refractivity contribution in [3.8, 4) is 67.5 Å². The van der Waals surface area contributed by atoms with Gasteiger partial charge in [-0.2, -0.15) is 0 Å². The lowest BCUT2D eigenvalue weighted by molar-refractivity contribution is -0.661. The zero-order valence-corrected chi connectivity index (χ0v) is 63.3. The van der Waals surface area contributed by atoms with Crippen LogP contribution in [-0.2, 0) is 55.1 Å². The Labute approximate surface area is 605 Å². The number of pyridine rings is 6. The maximum Gasteiger partial charge on any atom is 0.215 e. The Bertz CT molecular complexity index is 4930. The van der Waals surface area contributed by atoms with E-state index in [1.54, 1.807) is 12.4 Å². The summed E-state index contributed by atoms with van der Waals surface area (Å²) in [6.07, 6.45) is 14.3. The first kappa shape index (κ1) is 67.8. The van der Waals surface area contributed by atoms with Gasteiger partial charge in [0.2, 0.25) is 34.2 Å². The Morgan fingerprint density at radius 1 is 0.283 bits per heavy atom. The Balaban J connectivity index is 0.000000176. The third kappa shape index (κ3) is 20.2. The molecule has 0 atom stereocenters. The van der Waals surface area contributed by atoms with Crippen LogP contribution in [0.2, 0.25) is 0 Å². The van der Waals surface area contributed by atoms with Gasteiger partial charge in [0.05, 0.1) is 0 Å². The summed E-state index contributed by atoms with van der Waals surface area (Å²) in [7, 11) is 12.2. The molecular weight excluding hydrogens is 1200 g/mol. The summed E-state index contributed by atoms with van der Waals surface area (Å²) in [6.45, 7) is 27.7. The van der Waals surface area contributed by atoms with Gasteiger partial charge in [-0.25, -0.2) is 27.4 Å². The second kappa shape index (κ2) is 36.2. The van der Waals surface area contributed by atoms with Gasteiger partial charge in [-0.05, 0) is 205 Å². The fraction of sp³-hybridized carbons (Fsp3) is 0.290. The van der Waals surface area contributed by atoms with Gasteiger partial charge < -0.3 is 0 Å². The highest BCUT2D eigenvalue weighted by atomic mass is 14.9. The lowest BCUT2D eigenvalue weighted by Crippen LogP contribution is -2.33. The van der Waals surface area contributed by atoms with Crippen molar-refractivity contribution in [3.05, 3.63) is 321 Å². The Morgan fingerprint density at radius 2 is 0.646 bits per heavy atom. The fourth-order valence-electron chi connectivity index (χ4n) is 12.3. The van der Waals surface area contributed by atoms with E-state index in [0.717, 1.165) is 52.0 Å². The third-order valence-corrected chi connectivity index (χ3v) is 18.9. The molecule has 0 amide bonds. The maximum absolute atomic E-state index is 7.64. The summed E-state index contributed by atoms with van der Waals surface area (Å²) in [5, 5.41) is 0. The van der Waals surface area contributed by atoms with Gasteiger partial charge in [-0.1, -0.05) is 151 Å². The summed E-state index contributed by atoms with van der Waals surface area (Å²) >= 11 is 0. The highest BCUT2D eigenvalue weighted by Crippen LogP contribution is 2.29. The number of hydrogen-bond donors (Lipinski definition) is 0. The monoisotopic (exact) mass is 1320 g/mol. The average Bonchev–Trinajstić information content (AvgIpc) is 0.772. The topological polar surface area (TPSA) is 23.3 Å². The normalized spacial score (nSPS) is 11.8. The van der Waals surface area contributed by atoms with Crippen molar-refractivity contribution in [2.75, 3.05) is 0 Å². The van der Waals surface area contributed by atoms with Gasteiger partial charge in [-0.15, -0.1) is 0 Å². The number of aryl methyl sites for hydroxylation is 17. The molecule has 99 heavy (non-hydrogen) atoms. The third-order valence-electron chi connectivity index (χ3n) is 18.9. The first-order chi connectivity index (χ1) is 49.7. The molecule has 6 heteroatoms. The summed E-state index contributed by atoms with van der Waals surface area (Å²) in [6, 6.07) is 70.2. The number of benzene rings is 6. The molecule has 0 bridgehead atoms. The van der Waals surface area contributed by atoms with E-state index in [4.69, 9.17) is 8.22 Å². The van der Waals surface area contributed by atoms with Crippen LogP contribution in [0.3, 0.4) is 0 Å². The second-order valence-electron chi connectivity index (χ2n) is 27.0. The van der Waals surface area contributed by atoms with Crippen molar-refractivity contribution in [3.63, 3.8) is 0 Å². The molecule has 510 valence electrons. The van der Waals surface area contributed by atoms with Crippen LogP contribution in [0.25, 0.3) is 67.5 Å². The Hall–Kier alpha value is -9.78. The number of aromatic nitrogens is 6. The van der Waals surface area contributed by atoms with E-state index in [2.05, 4.69) is 324 Å². The lowest BCUT2D eigenvalue weighted by atomic mass is 9.97. The summed E-state index contributed by atoms with van der Waals surface area (Å²) < 4.78 is 58.2. The average molecular weight is 1320 g/mol. The number of nitrogens with zero attached hydrogens (tertiary/aromatic N) is 6. The summed E-state index contributed by atoms with van der Waals surface area (Å²) in [5.74, 6) is 1.14. The molecule has 0 spiro atoms. The van der Waals surface area contributed by atoms with Crippen LogP contribution >= 0.6 is 0 Å². The van der Waals surface area contributed by atoms with Crippen LogP contribution in [0.1, 0.15) is 145 Å². The van der Waals surface area contributed by atoms with E-state index in [-0.39, 0.29) is 0 Å². The summed E-state index contributed by atoms with van der Waals surface area (Å²) in [5.41, 5.74) is 31.5. The molecule has 0 aliphatic rings. The molecule has 0 saturated carbocycles. The molecule has 0 unspecified atom stereocenters. The number of hydrogen-bond acceptors (Lipinski definition) is 0. The highest BCUT2D eigenvalue weighted by molar-refractivity contribution is 5.67. The molecule has 0 aliphatic carbocycles. The molecule has 6 aromatic carbocycles. The first-order valence-electron chi connectivity index (χ1n) is 38.0. The van der Waals surface area contributed by atoms with Crippen LogP contribution in [0.15, 0.2) is 237 Å². The Morgan fingerprint density at radius 3 is 1.05 bits per heavy atom. The SMILES string of the molecule is CCc1cc[n+](C)c(-c2ccccc2C)c1.CCc1ccc(-c2ccccc2C)[n+](C)c1.Cc1ccccc1-c1cc(C(C)C)cc[n+]1C.Cc1ccccc1-c1ccc(C(C)C)c[n+]1C.[2H]C([2H])([2H])c1c[n+](C)c(-c2ccccc2C)c(C)c1C.[2H]C([2H])([2H])c1c[n+](C)c(-c2ccccc2C)cc1C. The van der Waals surface area contributed by atoms with E-state index in [0.29, 0.717) is 23.0 Å². The molecular formula is C93H114N6+6. The molecule has 0 fully saturated rings. The minimum absolute atomic E-state index is 0.410. The van der Waals surface area contributed by atoms with E-state index >= 15 is 0 Å². The van der Waals surface area contributed by atoms with Crippen LogP contribution < -0.4 is 27.4 Å². The van der Waals surface area contributed by atoms with Gasteiger partial charge in [0.1, 0.15) is 42.3 Å². The molecule has 12 aromatic rings. The lowest BCUT2D eigenvalue weighted by Gasteiger charge is -2.10. The zero-order chi connectivity index (χ0) is 77.2. The van der Waals surface area contributed by atoms with E-state index in [1.807, 2.05) is 74.3 Å². The zero-order valence-electron chi connectivity index (χ0n) is 69.3. The quantitative estimate of drug-likeness (QED) is 0.122. The smallest absolute Gasteiger partial charge is 0.201 e. The van der Waals surface area contributed by atoms with Crippen LogP contribution in [0.4, 0.5) is 0 Å². The van der Waals surface area contributed by atoms with Crippen molar-refractivity contribution < 1.29 is 35.6 Å². The Kier molecular flexibility index (Phi) is 24.8. The predicted octanol–water partition coefficient (Wildman–Crippen LogP) is 19.8. The number of rotatable bonds is 10. The van der Waals surface area contributed by atoms with Crippen molar-refractivity contribution in [1.29, 1.82) is 0 Å². The van der Waals surface area contributed by atoms with Gasteiger partial charge >= 0.3 is 0 Å². The molecule has 6 aromatic heterocycles. The van der Waals surface area contributed by atoms with Crippen molar-refractivity contribution in [1.82, 2.24) is 0 Å². The van der Waals surface area contributed by atoms with Crippen LogP contribution in [0, 0.1) is 76.0 Å². The minimum Gasteiger partial charge on any atom is -0.201 e. The molecule has 0 saturated heterocycles. The second-order valence-corrected chi connectivity index (χ2v) is 27.0. The van der Waals surface area contributed by atoms with Crippen molar-refractivity contribution in [2.24, 2.45) is 42.3 Å². The van der Waals surface area contributed by atoms with Gasteiger partial charge in [0, 0.05) is 112 Å². The molecule has 12 rings (SSSR count). The molecule has 0 radical (unpaired) electrons. The van der Waals surface area contributed by atoms with E-state index < -0.39 is 13.7 Å². The van der Waals surface area contributed by atoms with Gasteiger partial charge in [0.15, 0.2) is 37.2 Å². The standard InChI is InChI=1S/3C16H20N.3C15H18N/c1-11-8-6-7-9-15(11)16-14(4)13(3)12(2)10-17(16)5;1-12(2)14-9-10-17(4)16(11-14)15-8-6-5-7-13(15)3;1-12(2)14-9-10-16(17(4)11-14)15-8-6-5-7-13(15)3;1-11-7-5-6-8-14(11)15-9-12(2)13(3)10-16(15)4;1-4-13-9-10-16(3)15(11-13)14-8-6-5-7-12(14)2;1-4-13-9-10-15(16(3)11-13)14-8-6-5-7-12(14)2/h6-10H,1-5H3;2*5-12H,1-4H3;5-10H,1-4H3;2*5-11H,4H2,1-3H3/q6*+1/i2D3;;;3D3;;. The molecule has 0 N–H and O–H groups in total. The molecule has 6 heterocycles. The van der Waals surface area contributed by atoms with Gasteiger partial charge in [-0.3, -0.25) is 0 Å². The van der Waals surface area contributed by atoms with Crippen LogP contribution in [0.5, 0.6) is 0 Å². The van der Waals surface area contributed by atoms with Crippen molar-refractivity contribution >= 4 is 0 Å². The highest BCUT2D eigenvalue weighted by Gasteiger charge is 2.21. The summed E-state index contributed by atoms with van der Waals surface area (Å²) in [4.78, 5) is 0. The maximum atomic E-state index is 7.64. The first-order valence-corrected chi connectivity index (χ1v) is 35.0. The fourth-order valence-corrected chi connectivity index (χ4v) is 12.3. The van der Waals surface area contributed by atoms with Crippen molar-refractivity contribution in [2.45, 2.75) is 142 Å². The van der Waals surface area contributed by atoms with E-state index in [9.17, 15) is 0 Å². The van der Waals surface area contributed by atoms with Crippen LogP contribution in [-0.4, -0.2) is 0 Å². The minimum atomic E-state index is -2.07. The molecule has 6 nitrogen and oxygen atoms in total. The largest absolute Gasteiger partial charge is 0.215 e. The molecule has 0 aliphatic heterocycles. The van der Waals surface area contributed by atoms with Gasteiger partial charge in [0.25, 0.3) is 0 Å². The van der Waals surface area contributed by atoms with E-state index in [1.165, 1.54) is 101 Å².